The molecule has 0 aromatic carbocycles. The summed E-state index contributed by atoms with van der Waals surface area (Å²) in [4.78, 5) is 16.1. The second-order valence-corrected chi connectivity index (χ2v) is 6.54. The summed E-state index contributed by atoms with van der Waals surface area (Å²) in [5.41, 5.74) is 6.43. The molecule has 18 heavy (non-hydrogen) atoms. The molecule has 2 rings (SSSR count). The summed E-state index contributed by atoms with van der Waals surface area (Å²) in [6.45, 7) is 4.63. The van der Waals surface area contributed by atoms with Crippen LogP contribution in [0.4, 0.5) is 5.69 Å². The number of amides is 1. The van der Waals surface area contributed by atoms with E-state index in [4.69, 9.17) is 5.73 Å². The number of anilines is 1. The van der Waals surface area contributed by atoms with Crippen LogP contribution in [0.15, 0.2) is 18.2 Å². The van der Waals surface area contributed by atoms with E-state index in [-0.39, 0.29) is 5.91 Å². The van der Waals surface area contributed by atoms with E-state index in [9.17, 15) is 4.79 Å². The molecule has 3 nitrogen and oxygen atoms in total. The van der Waals surface area contributed by atoms with Gasteiger partial charge in [0.25, 0.3) is 5.91 Å². The molecule has 0 aliphatic carbocycles. The highest BCUT2D eigenvalue weighted by Gasteiger charge is 2.10. The number of nitrogen functional groups attached to an aromatic ring is 1. The van der Waals surface area contributed by atoms with Crippen molar-refractivity contribution in [3.05, 3.63) is 37.7 Å². The lowest BCUT2D eigenvalue weighted by atomic mass is 10.3. The summed E-state index contributed by atoms with van der Waals surface area (Å²) in [5.74, 6) is -0.0498. The Hall–Kier alpha value is -1.33. The summed E-state index contributed by atoms with van der Waals surface area (Å²) < 4.78 is 0. The van der Waals surface area contributed by atoms with Crippen LogP contribution in [0.2, 0.25) is 0 Å². The summed E-state index contributed by atoms with van der Waals surface area (Å²) in [7, 11) is 0. The molecular formula is C13H16N2OS2. The fourth-order valence-corrected chi connectivity index (χ4v) is 3.32. The molecule has 0 aliphatic rings. The molecule has 0 unspecified atom stereocenters. The molecule has 5 heteroatoms. The fraction of sp³-hybridized carbons (Fsp3) is 0.308. The maximum absolute atomic E-state index is 11.9. The number of nitrogens with one attached hydrogen (secondary N) is 1. The van der Waals surface area contributed by atoms with Crippen molar-refractivity contribution in [3.8, 4) is 0 Å². The van der Waals surface area contributed by atoms with E-state index < -0.39 is 0 Å². The zero-order valence-corrected chi connectivity index (χ0v) is 12.1. The van der Waals surface area contributed by atoms with Crippen LogP contribution < -0.4 is 11.1 Å². The minimum absolute atomic E-state index is 0.0498. The van der Waals surface area contributed by atoms with Crippen LogP contribution >= 0.6 is 22.7 Å². The van der Waals surface area contributed by atoms with Gasteiger partial charge >= 0.3 is 0 Å². The molecule has 0 radical (unpaired) electrons. The predicted octanol–water partition coefficient (Wildman–Crippen LogP) is 3.19. The van der Waals surface area contributed by atoms with Crippen molar-refractivity contribution in [1.82, 2.24) is 5.32 Å². The van der Waals surface area contributed by atoms with Crippen molar-refractivity contribution < 1.29 is 4.79 Å². The molecule has 1 amide bonds. The van der Waals surface area contributed by atoms with Crippen LogP contribution in [0, 0.1) is 6.92 Å². The predicted molar refractivity (Wildman–Crippen MR) is 78.3 cm³/mol. The maximum Gasteiger partial charge on any atom is 0.261 e. The molecule has 0 spiro atoms. The van der Waals surface area contributed by atoms with E-state index in [1.54, 1.807) is 17.4 Å². The number of rotatable bonds is 4. The molecule has 3 N–H and O–H groups in total. The largest absolute Gasteiger partial charge is 0.398 e. The Bertz CT molecular complexity index is 538. The third-order valence-corrected chi connectivity index (χ3v) is 4.96. The van der Waals surface area contributed by atoms with Gasteiger partial charge in [0, 0.05) is 20.3 Å². The standard InChI is InChI=1S/C13H16N2OS2/c1-3-9-4-5-10(18-9)7-15-13(16)12-6-11(14)8(2)17-12/h4-6H,3,7,14H2,1-2H3,(H,15,16). The third-order valence-electron chi connectivity index (χ3n) is 2.67. The molecule has 2 heterocycles. The van der Waals surface area contributed by atoms with Crippen LogP contribution in [0.5, 0.6) is 0 Å². The van der Waals surface area contributed by atoms with Gasteiger partial charge < -0.3 is 11.1 Å². The van der Waals surface area contributed by atoms with Crippen molar-refractivity contribution in [3.63, 3.8) is 0 Å². The highest BCUT2D eigenvalue weighted by atomic mass is 32.1. The highest BCUT2D eigenvalue weighted by molar-refractivity contribution is 7.14. The van der Waals surface area contributed by atoms with Gasteiger partial charge in [0.15, 0.2) is 0 Å². The lowest BCUT2D eigenvalue weighted by Gasteiger charge is -2.00. The van der Waals surface area contributed by atoms with E-state index in [1.165, 1.54) is 21.1 Å². The van der Waals surface area contributed by atoms with Gasteiger partial charge in [0.05, 0.1) is 11.4 Å². The molecule has 2 aromatic rings. The van der Waals surface area contributed by atoms with E-state index in [1.807, 2.05) is 6.92 Å². The quantitative estimate of drug-likeness (QED) is 0.903. The van der Waals surface area contributed by atoms with Crippen LogP contribution in [-0.2, 0) is 13.0 Å². The number of thiophene rings is 2. The molecule has 2 aromatic heterocycles. The Morgan fingerprint density at radius 3 is 2.61 bits per heavy atom. The van der Waals surface area contributed by atoms with Gasteiger partial charge in [-0.15, -0.1) is 22.7 Å². The third kappa shape index (κ3) is 2.91. The summed E-state index contributed by atoms with van der Waals surface area (Å²) in [5, 5.41) is 2.92. The normalized spacial score (nSPS) is 10.6. The Balaban J connectivity index is 1.95. The Kier molecular flexibility index (Phi) is 4.04. The first-order valence-electron chi connectivity index (χ1n) is 5.82. The van der Waals surface area contributed by atoms with Gasteiger partial charge in [-0.3, -0.25) is 4.79 Å². The summed E-state index contributed by atoms with van der Waals surface area (Å²) in [6.07, 6.45) is 1.04. The van der Waals surface area contributed by atoms with Crippen molar-refractivity contribution >= 4 is 34.3 Å². The van der Waals surface area contributed by atoms with Gasteiger partial charge in [-0.05, 0) is 31.5 Å². The molecule has 0 saturated heterocycles. The second-order valence-electron chi connectivity index (χ2n) is 4.03. The SMILES string of the molecule is CCc1ccc(CNC(=O)c2cc(N)c(C)s2)s1. The Labute approximate surface area is 115 Å². The lowest BCUT2D eigenvalue weighted by Crippen LogP contribution is -2.21. The summed E-state index contributed by atoms with van der Waals surface area (Å²) in [6, 6.07) is 5.92. The molecule has 96 valence electrons. The number of nitrogens with two attached hydrogens (primary N) is 1. The van der Waals surface area contributed by atoms with Crippen LogP contribution in [0.25, 0.3) is 0 Å². The van der Waals surface area contributed by atoms with Crippen LogP contribution in [0.1, 0.15) is 31.2 Å². The average molecular weight is 280 g/mol. The monoisotopic (exact) mass is 280 g/mol. The van der Waals surface area contributed by atoms with Crippen LogP contribution in [0.3, 0.4) is 0 Å². The maximum atomic E-state index is 11.9. The van der Waals surface area contributed by atoms with Gasteiger partial charge in [0.2, 0.25) is 0 Å². The van der Waals surface area contributed by atoms with E-state index in [0.29, 0.717) is 17.1 Å². The van der Waals surface area contributed by atoms with Gasteiger partial charge in [0.1, 0.15) is 0 Å². The number of carbonyl (C=O) groups excluding carboxylic acids is 1. The van der Waals surface area contributed by atoms with Crippen molar-refractivity contribution in [2.24, 2.45) is 0 Å². The molecular weight excluding hydrogens is 264 g/mol. The van der Waals surface area contributed by atoms with Gasteiger partial charge in [-0.25, -0.2) is 0 Å². The highest BCUT2D eigenvalue weighted by Crippen LogP contribution is 2.23. The van der Waals surface area contributed by atoms with E-state index in [2.05, 4.69) is 24.4 Å². The number of aryl methyl sites for hydroxylation is 2. The number of carbonyl (C=O) groups is 1. The fourth-order valence-electron chi connectivity index (χ4n) is 1.57. The minimum Gasteiger partial charge on any atom is -0.398 e. The molecule has 0 saturated carbocycles. The first-order chi connectivity index (χ1) is 8.60. The molecule has 0 fully saturated rings. The van der Waals surface area contributed by atoms with E-state index >= 15 is 0 Å². The summed E-state index contributed by atoms with van der Waals surface area (Å²) >= 11 is 3.18. The minimum atomic E-state index is -0.0498. The van der Waals surface area contributed by atoms with Crippen LogP contribution in [-0.4, -0.2) is 5.91 Å². The molecule has 0 aliphatic heterocycles. The van der Waals surface area contributed by atoms with Gasteiger partial charge in [-0.1, -0.05) is 6.92 Å². The Morgan fingerprint density at radius 2 is 2.06 bits per heavy atom. The van der Waals surface area contributed by atoms with Crippen molar-refractivity contribution in [1.29, 1.82) is 0 Å². The van der Waals surface area contributed by atoms with E-state index in [0.717, 1.165) is 11.3 Å². The smallest absolute Gasteiger partial charge is 0.261 e. The zero-order chi connectivity index (χ0) is 13.1. The average Bonchev–Trinajstić information content (AvgIpc) is 2.94. The number of hydrogen-bond acceptors (Lipinski definition) is 4. The lowest BCUT2D eigenvalue weighted by molar-refractivity contribution is 0.0955. The molecule has 0 atom stereocenters. The second kappa shape index (κ2) is 5.54. The Morgan fingerprint density at radius 1 is 1.33 bits per heavy atom. The number of hydrogen-bond donors (Lipinski definition) is 2. The first-order valence-corrected chi connectivity index (χ1v) is 7.45. The first kappa shape index (κ1) is 13.1. The molecule has 0 bridgehead atoms. The van der Waals surface area contributed by atoms with Crippen molar-refractivity contribution in [2.75, 3.05) is 5.73 Å². The zero-order valence-electron chi connectivity index (χ0n) is 10.4. The van der Waals surface area contributed by atoms with Crippen molar-refractivity contribution in [2.45, 2.75) is 26.8 Å². The topological polar surface area (TPSA) is 55.1 Å². The van der Waals surface area contributed by atoms with Gasteiger partial charge in [-0.2, -0.15) is 0 Å².